The van der Waals surface area contributed by atoms with Crippen LogP contribution < -0.4 is 19.1 Å². The monoisotopic (exact) mass is 533 g/mol. The van der Waals surface area contributed by atoms with E-state index in [1.807, 2.05) is 0 Å². The zero-order chi connectivity index (χ0) is 25.7. The Bertz CT molecular complexity index is 1310. The first-order chi connectivity index (χ1) is 17.2. The van der Waals surface area contributed by atoms with Crippen molar-refractivity contribution in [2.24, 2.45) is 0 Å². The predicted molar refractivity (Wildman–Crippen MR) is 136 cm³/mol. The van der Waals surface area contributed by atoms with Crippen molar-refractivity contribution >= 4 is 38.9 Å². The summed E-state index contributed by atoms with van der Waals surface area (Å²) in [7, 11) is -2.36. The molecule has 4 rings (SSSR count). The summed E-state index contributed by atoms with van der Waals surface area (Å²) in [5, 5.41) is 0.0709. The lowest BCUT2D eigenvalue weighted by Gasteiger charge is -2.36. The molecule has 0 radical (unpaired) electrons. The Labute approximate surface area is 214 Å². The lowest BCUT2D eigenvalue weighted by Crippen LogP contribution is -2.50. The van der Waals surface area contributed by atoms with Crippen LogP contribution in [0.1, 0.15) is 0 Å². The highest BCUT2D eigenvalue weighted by Gasteiger charge is 2.22. The number of sulfonamides is 1. The maximum atomic E-state index is 13.1. The third kappa shape index (κ3) is 6.19. The SMILES string of the molecule is COc1ccc(NS(=O)(=O)c2ccc(OCC(=O)N3CCN(c4ccc(F)cc4)CC3)c(Cl)c2)cc1. The molecule has 0 atom stereocenters. The van der Waals surface area contributed by atoms with Crippen molar-refractivity contribution in [1.29, 1.82) is 0 Å². The molecule has 11 heteroatoms. The lowest BCUT2D eigenvalue weighted by molar-refractivity contribution is -0.133. The fraction of sp³-hybridized carbons (Fsp3) is 0.240. The van der Waals surface area contributed by atoms with Crippen LogP contribution in [0.3, 0.4) is 0 Å². The van der Waals surface area contributed by atoms with E-state index >= 15 is 0 Å². The molecular formula is C25H25ClFN3O5S. The largest absolute Gasteiger partial charge is 0.497 e. The summed E-state index contributed by atoms with van der Waals surface area (Å²) in [6, 6.07) is 16.8. The molecule has 0 aliphatic carbocycles. The highest BCUT2D eigenvalue weighted by molar-refractivity contribution is 7.92. The van der Waals surface area contributed by atoms with Gasteiger partial charge in [-0.15, -0.1) is 0 Å². The van der Waals surface area contributed by atoms with Gasteiger partial charge in [0.2, 0.25) is 0 Å². The van der Waals surface area contributed by atoms with E-state index in [9.17, 15) is 17.6 Å². The number of amides is 1. The number of nitrogens with zero attached hydrogens (tertiary/aromatic N) is 2. The Morgan fingerprint density at radius 3 is 2.28 bits per heavy atom. The molecular weight excluding hydrogens is 509 g/mol. The molecule has 0 saturated carbocycles. The van der Waals surface area contributed by atoms with E-state index in [2.05, 4.69) is 9.62 Å². The van der Waals surface area contributed by atoms with Gasteiger partial charge in [-0.05, 0) is 66.7 Å². The number of nitrogens with one attached hydrogen (secondary N) is 1. The minimum atomic E-state index is -3.88. The number of hydrogen-bond acceptors (Lipinski definition) is 6. The van der Waals surface area contributed by atoms with E-state index in [-0.39, 0.29) is 34.0 Å². The molecule has 3 aromatic carbocycles. The van der Waals surface area contributed by atoms with Crippen molar-refractivity contribution in [2.75, 3.05) is 49.5 Å². The first kappa shape index (κ1) is 25.6. The normalized spacial score (nSPS) is 13.9. The lowest BCUT2D eigenvalue weighted by atomic mass is 10.2. The Kier molecular flexibility index (Phi) is 7.85. The van der Waals surface area contributed by atoms with Crippen molar-refractivity contribution in [2.45, 2.75) is 4.90 Å². The van der Waals surface area contributed by atoms with Gasteiger partial charge >= 0.3 is 0 Å². The van der Waals surface area contributed by atoms with Crippen molar-refractivity contribution in [3.8, 4) is 11.5 Å². The summed E-state index contributed by atoms with van der Waals surface area (Å²) in [6.45, 7) is 2.01. The fourth-order valence-electron chi connectivity index (χ4n) is 3.74. The molecule has 1 aliphatic rings. The number of halogens is 2. The Morgan fingerprint density at radius 2 is 1.67 bits per heavy atom. The molecule has 0 unspecified atom stereocenters. The van der Waals surface area contributed by atoms with Crippen LogP contribution in [-0.4, -0.2) is 59.1 Å². The molecule has 1 fully saturated rings. The maximum absolute atomic E-state index is 13.1. The summed E-state index contributed by atoms with van der Waals surface area (Å²) in [5.41, 5.74) is 1.28. The van der Waals surface area contributed by atoms with Crippen molar-refractivity contribution in [3.63, 3.8) is 0 Å². The van der Waals surface area contributed by atoms with Crippen molar-refractivity contribution in [1.82, 2.24) is 4.90 Å². The number of carbonyl (C=O) groups excluding carboxylic acids is 1. The van der Waals surface area contributed by atoms with Crippen LogP contribution in [0.15, 0.2) is 71.6 Å². The van der Waals surface area contributed by atoms with E-state index in [4.69, 9.17) is 21.1 Å². The molecule has 0 spiro atoms. The van der Waals surface area contributed by atoms with Gasteiger partial charge in [0.05, 0.1) is 17.0 Å². The summed E-state index contributed by atoms with van der Waals surface area (Å²) in [6.07, 6.45) is 0. The van der Waals surface area contributed by atoms with Crippen LogP contribution in [0.2, 0.25) is 5.02 Å². The average Bonchev–Trinajstić information content (AvgIpc) is 2.88. The third-order valence-electron chi connectivity index (χ3n) is 5.73. The van der Waals surface area contributed by atoms with Crippen LogP contribution in [0.25, 0.3) is 0 Å². The van der Waals surface area contributed by atoms with Crippen LogP contribution in [0, 0.1) is 5.82 Å². The number of methoxy groups -OCH3 is 1. The van der Waals surface area contributed by atoms with Gasteiger partial charge in [0.25, 0.3) is 15.9 Å². The second-order valence-corrected chi connectivity index (χ2v) is 10.1. The number of piperazine rings is 1. The summed E-state index contributed by atoms with van der Waals surface area (Å²) < 4.78 is 51.7. The third-order valence-corrected chi connectivity index (χ3v) is 7.41. The second kappa shape index (κ2) is 11.0. The van der Waals surface area contributed by atoms with E-state index in [0.717, 1.165) is 5.69 Å². The first-order valence-corrected chi connectivity index (χ1v) is 13.0. The van der Waals surface area contributed by atoms with E-state index in [1.165, 1.54) is 37.4 Å². The Hall–Kier alpha value is -3.50. The number of benzene rings is 3. The molecule has 1 aliphatic heterocycles. The highest BCUT2D eigenvalue weighted by Crippen LogP contribution is 2.29. The first-order valence-electron chi connectivity index (χ1n) is 11.1. The van der Waals surface area contributed by atoms with Gasteiger partial charge in [0.1, 0.15) is 17.3 Å². The van der Waals surface area contributed by atoms with Crippen LogP contribution in [0.4, 0.5) is 15.8 Å². The van der Waals surface area contributed by atoms with Gasteiger partial charge in [-0.2, -0.15) is 0 Å². The second-order valence-electron chi connectivity index (χ2n) is 8.06. The standard InChI is InChI=1S/C25H25ClFN3O5S/c1-34-21-8-4-19(5-9-21)28-36(32,33)22-10-11-24(23(26)16-22)35-17-25(31)30-14-12-29(13-15-30)20-6-2-18(27)3-7-20/h2-11,16,28H,12-15,17H2,1H3. The molecule has 190 valence electrons. The van der Waals surface area contributed by atoms with Crippen molar-refractivity contribution in [3.05, 3.63) is 77.6 Å². The van der Waals surface area contributed by atoms with E-state index < -0.39 is 10.0 Å². The van der Waals surface area contributed by atoms with E-state index in [1.54, 1.807) is 41.3 Å². The summed E-state index contributed by atoms with van der Waals surface area (Å²) >= 11 is 6.25. The molecule has 1 N–H and O–H groups in total. The van der Waals surface area contributed by atoms with Crippen LogP contribution in [0.5, 0.6) is 11.5 Å². The average molecular weight is 534 g/mol. The smallest absolute Gasteiger partial charge is 0.261 e. The minimum absolute atomic E-state index is 0.0427. The summed E-state index contributed by atoms with van der Waals surface area (Å²) in [4.78, 5) is 16.3. The number of rotatable bonds is 8. The van der Waals surface area contributed by atoms with Crippen LogP contribution in [-0.2, 0) is 14.8 Å². The topological polar surface area (TPSA) is 88.2 Å². The number of carbonyl (C=O) groups is 1. The highest BCUT2D eigenvalue weighted by atomic mass is 35.5. The maximum Gasteiger partial charge on any atom is 0.261 e. The molecule has 3 aromatic rings. The molecule has 1 amide bonds. The van der Waals surface area contributed by atoms with E-state index in [0.29, 0.717) is 37.6 Å². The van der Waals surface area contributed by atoms with Gasteiger partial charge in [0, 0.05) is 37.6 Å². The molecule has 1 saturated heterocycles. The Balaban J connectivity index is 1.31. The van der Waals surface area contributed by atoms with Gasteiger partial charge < -0.3 is 19.3 Å². The molecule has 1 heterocycles. The number of hydrogen-bond donors (Lipinski definition) is 1. The summed E-state index contributed by atoms with van der Waals surface area (Å²) in [5.74, 6) is 0.315. The predicted octanol–water partition coefficient (Wildman–Crippen LogP) is 4.02. The van der Waals surface area contributed by atoms with Gasteiger partial charge in [-0.25, -0.2) is 12.8 Å². The fourth-order valence-corrected chi connectivity index (χ4v) is 5.12. The number of ether oxygens (including phenoxy) is 2. The molecule has 8 nitrogen and oxygen atoms in total. The van der Waals surface area contributed by atoms with Crippen molar-refractivity contribution < 1.29 is 27.1 Å². The zero-order valence-corrected chi connectivity index (χ0v) is 21.1. The molecule has 0 aromatic heterocycles. The van der Waals surface area contributed by atoms with Gasteiger partial charge in [-0.3, -0.25) is 9.52 Å². The quantitative estimate of drug-likeness (QED) is 0.470. The van der Waals surface area contributed by atoms with Gasteiger partial charge in [0.15, 0.2) is 6.61 Å². The molecule has 36 heavy (non-hydrogen) atoms. The van der Waals surface area contributed by atoms with Crippen LogP contribution >= 0.6 is 11.6 Å². The minimum Gasteiger partial charge on any atom is -0.497 e. The Morgan fingerprint density at radius 1 is 1.00 bits per heavy atom. The van der Waals surface area contributed by atoms with Gasteiger partial charge in [-0.1, -0.05) is 11.6 Å². The zero-order valence-electron chi connectivity index (χ0n) is 19.5. The molecule has 0 bridgehead atoms. The number of anilines is 2.